The molecule has 0 atom stereocenters. The molecule has 2 aromatic carbocycles. The van der Waals surface area contributed by atoms with Crippen LogP contribution in [0.2, 0.25) is 0 Å². The van der Waals surface area contributed by atoms with Crippen molar-refractivity contribution in [1.82, 2.24) is 0 Å². The molecular formula is C16H15F2NO. The van der Waals surface area contributed by atoms with E-state index >= 15 is 0 Å². The maximum absolute atomic E-state index is 13.5. The third-order valence-electron chi connectivity index (χ3n) is 3.43. The zero-order chi connectivity index (χ0) is 13.9. The number of halogens is 2. The molecule has 0 saturated heterocycles. The number of ether oxygens (including phenoxy) is 1. The Kier molecular flexibility index (Phi) is 3.54. The highest BCUT2D eigenvalue weighted by molar-refractivity contribution is 5.63. The summed E-state index contributed by atoms with van der Waals surface area (Å²) in [6.07, 6.45) is 2.10. The molecule has 0 aliphatic carbocycles. The van der Waals surface area contributed by atoms with Gasteiger partial charge in [0.05, 0.1) is 5.69 Å². The molecule has 0 amide bonds. The molecule has 1 aliphatic rings. The first-order valence-corrected chi connectivity index (χ1v) is 6.66. The lowest BCUT2D eigenvalue weighted by Crippen LogP contribution is -2.13. The molecule has 1 aliphatic heterocycles. The topological polar surface area (TPSA) is 21.3 Å². The third kappa shape index (κ3) is 2.59. The standard InChI is InChI=1S/C16H15F2NO/c17-13-6-7-14(18)12(9-13)10-20-15-5-1-3-11-4-2-8-19-16(11)15/h1,3,5-7,9,19H,2,4,8,10H2. The van der Waals surface area contributed by atoms with Crippen LogP contribution >= 0.6 is 0 Å². The van der Waals surface area contributed by atoms with Gasteiger partial charge in [-0.1, -0.05) is 12.1 Å². The van der Waals surface area contributed by atoms with Gasteiger partial charge in [0.2, 0.25) is 0 Å². The van der Waals surface area contributed by atoms with E-state index in [4.69, 9.17) is 4.74 Å². The molecule has 104 valence electrons. The maximum Gasteiger partial charge on any atom is 0.143 e. The second-order valence-electron chi connectivity index (χ2n) is 4.85. The summed E-state index contributed by atoms with van der Waals surface area (Å²) in [6.45, 7) is 0.920. The third-order valence-corrected chi connectivity index (χ3v) is 3.43. The summed E-state index contributed by atoms with van der Waals surface area (Å²) in [4.78, 5) is 0. The fourth-order valence-corrected chi connectivity index (χ4v) is 2.41. The molecule has 0 aromatic heterocycles. The largest absolute Gasteiger partial charge is 0.487 e. The summed E-state index contributed by atoms with van der Waals surface area (Å²) in [5.41, 5.74) is 2.39. The minimum Gasteiger partial charge on any atom is -0.487 e. The molecule has 1 N–H and O–H groups in total. The highest BCUT2D eigenvalue weighted by atomic mass is 19.1. The fraction of sp³-hybridized carbons (Fsp3) is 0.250. The van der Waals surface area contributed by atoms with Gasteiger partial charge < -0.3 is 10.1 Å². The van der Waals surface area contributed by atoms with Gasteiger partial charge in [-0.2, -0.15) is 0 Å². The van der Waals surface area contributed by atoms with Crippen LogP contribution in [0.4, 0.5) is 14.5 Å². The van der Waals surface area contributed by atoms with Crippen molar-refractivity contribution in [3.05, 3.63) is 59.2 Å². The Bertz CT molecular complexity index is 628. The van der Waals surface area contributed by atoms with Crippen LogP contribution in [0.5, 0.6) is 5.75 Å². The molecule has 0 saturated carbocycles. The highest BCUT2D eigenvalue weighted by Crippen LogP contribution is 2.32. The van der Waals surface area contributed by atoms with E-state index < -0.39 is 11.6 Å². The predicted molar refractivity (Wildman–Crippen MR) is 73.9 cm³/mol. The molecule has 0 fully saturated rings. The first kappa shape index (κ1) is 12.9. The Morgan fingerprint density at radius 2 is 2.05 bits per heavy atom. The molecule has 0 unspecified atom stereocenters. The van der Waals surface area contributed by atoms with Gasteiger partial charge in [-0.15, -0.1) is 0 Å². The zero-order valence-electron chi connectivity index (χ0n) is 11.0. The Balaban J connectivity index is 1.80. The van der Waals surface area contributed by atoms with E-state index in [2.05, 4.69) is 11.4 Å². The number of nitrogens with one attached hydrogen (secondary N) is 1. The van der Waals surface area contributed by atoms with E-state index in [0.29, 0.717) is 5.75 Å². The summed E-state index contributed by atoms with van der Waals surface area (Å²) in [5, 5.41) is 3.30. The van der Waals surface area contributed by atoms with Gasteiger partial charge in [0, 0.05) is 12.1 Å². The van der Waals surface area contributed by atoms with Crippen LogP contribution < -0.4 is 10.1 Å². The van der Waals surface area contributed by atoms with Gasteiger partial charge in [-0.05, 0) is 42.7 Å². The lowest BCUT2D eigenvalue weighted by atomic mass is 10.0. The van der Waals surface area contributed by atoms with E-state index in [1.54, 1.807) is 0 Å². The van der Waals surface area contributed by atoms with Crippen LogP contribution in [-0.4, -0.2) is 6.54 Å². The summed E-state index contributed by atoms with van der Waals surface area (Å²) in [6, 6.07) is 9.20. The summed E-state index contributed by atoms with van der Waals surface area (Å²) >= 11 is 0. The van der Waals surface area contributed by atoms with Gasteiger partial charge in [-0.3, -0.25) is 0 Å². The van der Waals surface area contributed by atoms with Gasteiger partial charge in [0.15, 0.2) is 0 Å². The summed E-state index contributed by atoms with van der Waals surface area (Å²) < 4.78 is 32.3. The summed E-state index contributed by atoms with van der Waals surface area (Å²) in [7, 11) is 0. The minimum atomic E-state index is -0.460. The van der Waals surface area contributed by atoms with E-state index in [9.17, 15) is 8.78 Å². The predicted octanol–water partition coefficient (Wildman–Crippen LogP) is 3.90. The van der Waals surface area contributed by atoms with Crippen molar-refractivity contribution in [3.8, 4) is 5.75 Å². The van der Waals surface area contributed by atoms with Gasteiger partial charge >= 0.3 is 0 Å². The number of fused-ring (bicyclic) bond motifs is 1. The van der Waals surface area contributed by atoms with Gasteiger partial charge in [0.25, 0.3) is 0 Å². The molecule has 2 aromatic rings. The van der Waals surface area contributed by atoms with Crippen molar-refractivity contribution in [1.29, 1.82) is 0 Å². The summed E-state index contributed by atoms with van der Waals surface area (Å²) in [5.74, 6) is -0.228. The molecule has 2 nitrogen and oxygen atoms in total. The van der Waals surface area contributed by atoms with E-state index in [0.717, 1.165) is 43.3 Å². The molecule has 20 heavy (non-hydrogen) atoms. The fourth-order valence-electron chi connectivity index (χ4n) is 2.41. The molecule has 1 heterocycles. The molecular weight excluding hydrogens is 260 g/mol. The van der Waals surface area contributed by atoms with Gasteiger partial charge in [-0.25, -0.2) is 8.78 Å². The van der Waals surface area contributed by atoms with E-state index in [1.807, 2.05) is 12.1 Å². The lowest BCUT2D eigenvalue weighted by Gasteiger charge is -2.21. The molecule has 0 bridgehead atoms. The Hall–Kier alpha value is -2.10. The SMILES string of the molecule is Fc1ccc(F)c(COc2cccc3c2NCCC3)c1. The second kappa shape index (κ2) is 5.49. The van der Waals surface area contributed by atoms with Crippen LogP contribution in [0.3, 0.4) is 0 Å². The van der Waals surface area contributed by atoms with Crippen LogP contribution in [0, 0.1) is 11.6 Å². The number of rotatable bonds is 3. The molecule has 0 spiro atoms. The van der Waals surface area contributed by atoms with Crippen molar-refractivity contribution in [2.45, 2.75) is 19.4 Å². The first-order chi connectivity index (χ1) is 9.74. The number of para-hydroxylation sites is 1. The molecule has 3 rings (SSSR count). The molecule has 0 radical (unpaired) electrons. The average Bonchev–Trinajstić information content (AvgIpc) is 2.48. The Morgan fingerprint density at radius 1 is 1.15 bits per heavy atom. The monoisotopic (exact) mass is 275 g/mol. The Labute approximate surface area is 116 Å². The minimum absolute atomic E-state index is 0.0156. The van der Waals surface area contributed by atoms with Gasteiger partial charge in [0.1, 0.15) is 24.0 Å². The number of benzene rings is 2. The number of hydrogen-bond donors (Lipinski definition) is 1. The zero-order valence-corrected chi connectivity index (χ0v) is 11.0. The van der Waals surface area contributed by atoms with Crippen molar-refractivity contribution < 1.29 is 13.5 Å². The number of aryl methyl sites for hydroxylation is 1. The Morgan fingerprint density at radius 3 is 2.95 bits per heavy atom. The quantitative estimate of drug-likeness (QED) is 0.917. The highest BCUT2D eigenvalue weighted by Gasteiger charge is 2.14. The lowest BCUT2D eigenvalue weighted by molar-refractivity contribution is 0.300. The van der Waals surface area contributed by atoms with Crippen molar-refractivity contribution in [2.24, 2.45) is 0 Å². The average molecular weight is 275 g/mol. The second-order valence-corrected chi connectivity index (χ2v) is 4.85. The number of hydrogen-bond acceptors (Lipinski definition) is 2. The van der Waals surface area contributed by atoms with E-state index in [1.165, 1.54) is 5.56 Å². The van der Waals surface area contributed by atoms with E-state index in [-0.39, 0.29) is 12.2 Å². The van der Waals surface area contributed by atoms with Crippen LogP contribution in [0.15, 0.2) is 36.4 Å². The van der Waals surface area contributed by atoms with Crippen molar-refractivity contribution >= 4 is 5.69 Å². The van der Waals surface area contributed by atoms with Crippen molar-refractivity contribution in [2.75, 3.05) is 11.9 Å². The molecule has 4 heteroatoms. The first-order valence-electron chi connectivity index (χ1n) is 6.66. The maximum atomic E-state index is 13.5. The van der Waals surface area contributed by atoms with Crippen molar-refractivity contribution in [3.63, 3.8) is 0 Å². The normalized spacial score (nSPS) is 13.5. The number of anilines is 1. The van der Waals surface area contributed by atoms with Crippen LogP contribution in [0.25, 0.3) is 0 Å². The van der Waals surface area contributed by atoms with Crippen LogP contribution in [-0.2, 0) is 13.0 Å². The smallest absolute Gasteiger partial charge is 0.143 e. The van der Waals surface area contributed by atoms with Crippen LogP contribution in [0.1, 0.15) is 17.5 Å².